The van der Waals surface area contributed by atoms with E-state index in [0.29, 0.717) is 0 Å². The second-order valence-electron chi connectivity index (χ2n) is 2.53. The van der Waals surface area contributed by atoms with Gasteiger partial charge in [0.2, 0.25) is 0 Å². The summed E-state index contributed by atoms with van der Waals surface area (Å²) in [5.74, 6) is 0. The van der Waals surface area contributed by atoms with Crippen molar-refractivity contribution in [2.75, 3.05) is 0 Å². The lowest BCUT2D eigenvalue weighted by Crippen LogP contribution is -1.99. The lowest BCUT2D eigenvalue weighted by Gasteiger charge is -2.01. The lowest BCUT2D eigenvalue weighted by molar-refractivity contribution is 0.531. The Hall–Kier alpha value is -0.840. The molecule has 0 radical (unpaired) electrons. The van der Waals surface area contributed by atoms with Crippen LogP contribution >= 0.6 is 0 Å². The van der Waals surface area contributed by atoms with E-state index in [1.807, 2.05) is 13.8 Å². The highest BCUT2D eigenvalue weighted by Crippen LogP contribution is 2.05. The van der Waals surface area contributed by atoms with Crippen molar-refractivity contribution in [3.63, 3.8) is 0 Å². The number of thiol groups is 1. The number of rotatable bonds is 2. The molecule has 0 amide bonds. The fourth-order valence-corrected chi connectivity index (χ4v) is 1.06. The maximum atomic E-state index is 10.4. The fourth-order valence-electron chi connectivity index (χ4n) is 0.705. The highest BCUT2D eigenvalue weighted by molar-refractivity contribution is 7.72. The molecule has 5 heteroatoms. The molecule has 1 aromatic rings. The number of hydrogen-bond donors (Lipinski definition) is 1. The molecule has 0 N–H and O–H groups in total. The van der Waals surface area contributed by atoms with Crippen LogP contribution in [0.3, 0.4) is 0 Å². The van der Waals surface area contributed by atoms with Crippen molar-refractivity contribution in [1.29, 1.82) is 0 Å². The first kappa shape index (κ1) is 8.26. The number of nitrogens with zero attached hydrogens (tertiary/aromatic N) is 2. The van der Waals surface area contributed by atoms with Crippen molar-refractivity contribution in [2.24, 2.45) is 0 Å². The molecule has 4 nitrogen and oxygen atoms in total. The highest BCUT2D eigenvalue weighted by atomic mass is 32.2. The molecule has 0 aliphatic carbocycles. The minimum Gasteiger partial charge on any atom is -0.269 e. The third-order valence-electron chi connectivity index (χ3n) is 1.33. The summed E-state index contributed by atoms with van der Waals surface area (Å²) in [7, 11) is -2.48. The van der Waals surface area contributed by atoms with Gasteiger partial charge in [-0.05, 0) is 13.8 Å². The van der Waals surface area contributed by atoms with Crippen molar-refractivity contribution >= 4 is 10.7 Å². The van der Waals surface area contributed by atoms with Crippen molar-refractivity contribution in [3.8, 4) is 0 Å². The van der Waals surface area contributed by atoms with E-state index in [-0.39, 0.29) is 10.9 Å². The van der Waals surface area contributed by atoms with Gasteiger partial charge >= 0.3 is 0 Å². The van der Waals surface area contributed by atoms with E-state index in [1.165, 1.54) is 12.4 Å². The maximum absolute atomic E-state index is 10.4. The van der Waals surface area contributed by atoms with Gasteiger partial charge in [0, 0.05) is 12.2 Å². The molecule has 0 saturated carbocycles. The molecule has 0 saturated heterocycles. The molecule has 62 valence electrons. The molecule has 0 aliphatic rings. The van der Waals surface area contributed by atoms with Crippen molar-refractivity contribution in [1.82, 2.24) is 9.78 Å². The van der Waals surface area contributed by atoms with Gasteiger partial charge in [-0.25, -0.2) is 8.42 Å². The van der Waals surface area contributed by atoms with Gasteiger partial charge in [0.25, 0.3) is 0 Å². The average Bonchev–Trinajstić information content (AvgIpc) is 2.33. The highest BCUT2D eigenvalue weighted by Gasteiger charge is 2.01. The molecule has 0 unspecified atom stereocenters. The topological polar surface area (TPSA) is 52.0 Å². The van der Waals surface area contributed by atoms with Crippen LogP contribution in [0.25, 0.3) is 0 Å². The van der Waals surface area contributed by atoms with Crippen LogP contribution in [0.1, 0.15) is 19.9 Å². The van der Waals surface area contributed by atoms with E-state index < -0.39 is 10.7 Å². The summed E-state index contributed by atoms with van der Waals surface area (Å²) in [5, 5.41) is 3.87. The molecule has 11 heavy (non-hydrogen) atoms. The summed E-state index contributed by atoms with van der Waals surface area (Å²) in [4.78, 5) is 0.272. The molecular weight excluding hydrogens is 164 g/mol. The van der Waals surface area contributed by atoms with Gasteiger partial charge in [-0.1, -0.05) is 0 Å². The molecule has 0 aliphatic heterocycles. The standard InChI is InChI=1S/C6H10N2O2S/c1-5(2)8-4-6(3-7-8)11(9)10/h3-5,11H,1-2H3. The Morgan fingerprint density at radius 3 is 2.45 bits per heavy atom. The van der Waals surface area contributed by atoms with Gasteiger partial charge in [0.05, 0.1) is 6.20 Å². The van der Waals surface area contributed by atoms with Crippen molar-refractivity contribution < 1.29 is 8.42 Å². The molecule has 0 aromatic carbocycles. The summed E-state index contributed by atoms with van der Waals surface area (Å²) >= 11 is 0. The van der Waals surface area contributed by atoms with Crippen molar-refractivity contribution in [2.45, 2.75) is 24.8 Å². The molecule has 0 atom stereocenters. The van der Waals surface area contributed by atoms with Gasteiger partial charge in [-0.15, -0.1) is 0 Å². The van der Waals surface area contributed by atoms with Gasteiger partial charge < -0.3 is 0 Å². The molecule has 0 spiro atoms. The van der Waals surface area contributed by atoms with Gasteiger partial charge in [-0.3, -0.25) is 4.68 Å². The Labute approximate surface area is 66.8 Å². The normalized spacial score (nSPS) is 11.3. The Morgan fingerprint density at radius 2 is 2.18 bits per heavy atom. The van der Waals surface area contributed by atoms with Crippen LogP contribution in [-0.4, -0.2) is 18.2 Å². The van der Waals surface area contributed by atoms with E-state index in [4.69, 9.17) is 0 Å². The molecule has 0 bridgehead atoms. The Balaban J connectivity index is 2.99. The van der Waals surface area contributed by atoms with Crippen LogP contribution in [0.4, 0.5) is 0 Å². The summed E-state index contributed by atoms with van der Waals surface area (Å²) in [6, 6.07) is 0.207. The van der Waals surface area contributed by atoms with E-state index in [2.05, 4.69) is 5.10 Å². The van der Waals surface area contributed by atoms with Crippen LogP contribution < -0.4 is 0 Å². The van der Waals surface area contributed by atoms with Crippen LogP contribution in [0.15, 0.2) is 17.3 Å². The van der Waals surface area contributed by atoms with Crippen LogP contribution in [0, 0.1) is 0 Å². The second kappa shape index (κ2) is 3.04. The zero-order valence-electron chi connectivity index (χ0n) is 6.39. The fraction of sp³-hybridized carbons (Fsp3) is 0.500. The van der Waals surface area contributed by atoms with E-state index in [0.717, 1.165) is 0 Å². The summed E-state index contributed by atoms with van der Waals surface area (Å²) in [5.41, 5.74) is 0. The summed E-state index contributed by atoms with van der Waals surface area (Å²) in [6.45, 7) is 3.88. The number of hydrogen-bond acceptors (Lipinski definition) is 3. The third-order valence-corrected chi connectivity index (χ3v) is 1.98. The van der Waals surface area contributed by atoms with Crippen LogP contribution in [0.2, 0.25) is 0 Å². The van der Waals surface area contributed by atoms with E-state index in [9.17, 15) is 8.42 Å². The molecule has 0 fully saturated rings. The van der Waals surface area contributed by atoms with Crippen LogP contribution in [-0.2, 0) is 10.7 Å². The Bertz CT molecular complexity index is 306. The minimum absolute atomic E-state index is 0.207. The first-order valence-corrected chi connectivity index (χ1v) is 4.47. The number of aromatic nitrogens is 2. The smallest absolute Gasteiger partial charge is 0.171 e. The van der Waals surface area contributed by atoms with Gasteiger partial charge in [-0.2, -0.15) is 5.10 Å². The van der Waals surface area contributed by atoms with Crippen LogP contribution in [0.5, 0.6) is 0 Å². The molecule has 1 heterocycles. The maximum Gasteiger partial charge on any atom is 0.171 e. The van der Waals surface area contributed by atoms with Gasteiger partial charge in [0.15, 0.2) is 10.7 Å². The van der Waals surface area contributed by atoms with Crippen molar-refractivity contribution in [3.05, 3.63) is 12.4 Å². The Morgan fingerprint density at radius 1 is 1.55 bits per heavy atom. The quantitative estimate of drug-likeness (QED) is 0.662. The first-order chi connectivity index (χ1) is 5.11. The first-order valence-electron chi connectivity index (χ1n) is 3.30. The predicted molar refractivity (Wildman–Crippen MR) is 41.2 cm³/mol. The SMILES string of the molecule is CC(C)n1cc([SH](=O)=O)cn1. The summed E-state index contributed by atoms with van der Waals surface area (Å²) in [6.07, 6.45) is 2.88. The Kier molecular flexibility index (Phi) is 2.28. The monoisotopic (exact) mass is 174 g/mol. The van der Waals surface area contributed by atoms with E-state index >= 15 is 0 Å². The molecular formula is C6H10N2O2S. The summed E-state index contributed by atoms with van der Waals surface area (Å²) < 4.78 is 22.5. The third kappa shape index (κ3) is 1.80. The molecule has 1 rings (SSSR count). The average molecular weight is 174 g/mol. The second-order valence-corrected chi connectivity index (χ2v) is 3.56. The zero-order valence-corrected chi connectivity index (χ0v) is 7.28. The minimum atomic E-state index is -2.48. The molecule has 1 aromatic heterocycles. The predicted octanol–water partition coefficient (Wildman–Crippen LogP) is 0.434. The largest absolute Gasteiger partial charge is 0.269 e. The zero-order chi connectivity index (χ0) is 8.43. The van der Waals surface area contributed by atoms with Gasteiger partial charge in [0.1, 0.15) is 4.90 Å². The lowest BCUT2D eigenvalue weighted by atomic mass is 10.4. The van der Waals surface area contributed by atoms with E-state index in [1.54, 1.807) is 4.68 Å².